The van der Waals surface area contributed by atoms with E-state index in [9.17, 15) is 9.59 Å². The molecule has 6 nitrogen and oxygen atoms in total. The second-order valence-corrected chi connectivity index (χ2v) is 5.94. The highest BCUT2D eigenvalue weighted by Crippen LogP contribution is 2.29. The predicted octanol–water partition coefficient (Wildman–Crippen LogP) is 1.18. The minimum Gasteiger partial charge on any atom is -0.371 e. The van der Waals surface area contributed by atoms with Crippen LogP contribution in [0.25, 0.3) is 11.0 Å². The lowest BCUT2D eigenvalue weighted by atomic mass is 10.0. The summed E-state index contributed by atoms with van der Waals surface area (Å²) in [4.78, 5) is 31.5. The van der Waals surface area contributed by atoms with Crippen molar-refractivity contribution < 1.29 is 0 Å². The monoisotopic (exact) mass is 302 g/mol. The Morgan fingerprint density at radius 3 is 2.41 bits per heavy atom. The Labute approximate surface area is 129 Å². The fourth-order valence-electron chi connectivity index (χ4n) is 3.29. The van der Waals surface area contributed by atoms with Gasteiger partial charge in [0.25, 0.3) is 5.56 Å². The molecule has 6 heteroatoms. The predicted molar refractivity (Wildman–Crippen MR) is 87.7 cm³/mol. The summed E-state index contributed by atoms with van der Waals surface area (Å²) in [5, 5.41) is 0.575. The fourth-order valence-corrected chi connectivity index (χ4v) is 3.29. The van der Waals surface area contributed by atoms with Crippen LogP contribution in [0.2, 0.25) is 0 Å². The molecule has 2 aromatic rings. The first-order chi connectivity index (χ1) is 10.6. The molecule has 0 bridgehead atoms. The van der Waals surface area contributed by atoms with Crippen LogP contribution < -0.4 is 16.1 Å². The third-order valence-corrected chi connectivity index (χ3v) is 4.57. The Kier molecular flexibility index (Phi) is 3.76. The molecule has 118 valence electrons. The van der Waals surface area contributed by atoms with Gasteiger partial charge < -0.3 is 4.90 Å². The van der Waals surface area contributed by atoms with Crippen LogP contribution in [0, 0.1) is 0 Å². The van der Waals surface area contributed by atoms with Crippen LogP contribution in [0.5, 0.6) is 0 Å². The number of aromatic nitrogens is 3. The van der Waals surface area contributed by atoms with Gasteiger partial charge in [-0.15, -0.1) is 0 Å². The van der Waals surface area contributed by atoms with E-state index >= 15 is 0 Å². The van der Waals surface area contributed by atoms with Crippen molar-refractivity contribution in [3.63, 3.8) is 0 Å². The van der Waals surface area contributed by atoms with Crippen LogP contribution in [0.4, 0.5) is 5.69 Å². The molecule has 22 heavy (non-hydrogen) atoms. The maximum Gasteiger partial charge on any atom is 0.332 e. The van der Waals surface area contributed by atoms with Crippen LogP contribution in [-0.2, 0) is 20.5 Å². The minimum absolute atomic E-state index is 0.249. The van der Waals surface area contributed by atoms with E-state index < -0.39 is 0 Å². The van der Waals surface area contributed by atoms with Gasteiger partial charge in [-0.05, 0) is 31.2 Å². The number of rotatable bonds is 2. The lowest BCUT2D eigenvalue weighted by Gasteiger charge is -2.31. The maximum atomic E-state index is 12.7. The van der Waals surface area contributed by atoms with Crippen molar-refractivity contribution in [1.82, 2.24) is 14.1 Å². The lowest BCUT2D eigenvalue weighted by molar-refractivity contribution is 0.577. The number of hydrogen-bond donors (Lipinski definition) is 0. The van der Waals surface area contributed by atoms with E-state index in [-0.39, 0.29) is 11.2 Å². The summed E-state index contributed by atoms with van der Waals surface area (Å²) < 4.78 is 2.64. The fraction of sp³-hybridized carbons (Fsp3) is 0.562. The Morgan fingerprint density at radius 1 is 1.09 bits per heavy atom. The molecule has 3 heterocycles. The maximum absolute atomic E-state index is 12.7. The zero-order valence-electron chi connectivity index (χ0n) is 13.4. The molecule has 0 aromatic carbocycles. The summed E-state index contributed by atoms with van der Waals surface area (Å²) in [6, 6.07) is 0. The molecule has 0 unspecified atom stereocenters. The minimum atomic E-state index is -0.334. The van der Waals surface area contributed by atoms with Gasteiger partial charge >= 0.3 is 5.69 Å². The smallest absolute Gasteiger partial charge is 0.332 e. The van der Waals surface area contributed by atoms with Gasteiger partial charge in [0.15, 0.2) is 5.65 Å². The van der Waals surface area contributed by atoms with Gasteiger partial charge in [-0.1, -0.05) is 6.92 Å². The van der Waals surface area contributed by atoms with E-state index in [1.165, 1.54) is 22.6 Å². The number of aryl methyl sites for hydroxylation is 2. The van der Waals surface area contributed by atoms with Crippen molar-refractivity contribution in [2.24, 2.45) is 14.1 Å². The number of pyridine rings is 1. The number of fused-ring (bicyclic) bond motifs is 1. The average Bonchev–Trinajstić information content (AvgIpc) is 2.57. The molecular formula is C16H22N4O2. The van der Waals surface area contributed by atoms with Crippen LogP contribution in [0.3, 0.4) is 0 Å². The highest BCUT2D eigenvalue weighted by molar-refractivity contribution is 5.90. The molecule has 0 N–H and O–H groups in total. The van der Waals surface area contributed by atoms with E-state index in [1.54, 1.807) is 7.05 Å². The Bertz CT molecular complexity index is 829. The van der Waals surface area contributed by atoms with Crippen molar-refractivity contribution in [2.45, 2.75) is 32.6 Å². The number of nitrogens with zero attached hydrogens (tertiary/aromatic N) is 4. The van der Waals surface area contributed by atoms with Gasteiger partial charge in [0.05, 0.1) is 5.69 Å². The summed E-state index contributed by atoms with van der Waals surface area (Å²) in [6.07, 6.45) is 6.14. The summed E-state index contributed by atoms with van der Waals surface area (Å²) >= 11 is 0. The zero-order chi connectivity index (χ0) is 15.9. The van der Waals surface area contributed by atoms with Gasteiger partial charge in [0, 0.05) is 33.4 Å². The van der Waals surface area contributed by atoms with E-state index in [1.807, 2.05) is 6.20 Å². The summed E-state index contributed by atoms with van der Waals surface area (Å²) in [6.45, 7) is 3.99. The molecule has 0 amide bonds. The second kappa shape index (κ2) is 5.59. The molecule has 1 fully saturated rings. The molecule has 2 aromatic heterocycles. The largest absolute Gasteiger partial charge is 0.371 e. The molecule has 3 rings (SSSR count). The first-order valence-corrected chi connectivity index (χ1v) is 7.88. The third kappa shape index (κ3) is 2.14. The molecule has 1 aliphatic rings. The number of piperidine rings is 1. The van der Waals surface area contributed by atoms with E-state index in [2.05, 4.69) is 16.8 Å². The molecule has 0 atom stereocenters. The van der Waals surface area contributed by atoms with E-state index in [0.717, 1.165) is 43.6 Å². The zero-order valence-corrected chi connectivity index (χ0v) is 13.4. The van der Waals surface area contributed by atoms with Crippen LogP contribution in [0.15, 0.2) is 15.8 Å². The van der Waals surface area contributed by atoms with Crippen LogP contribution >= 0.6 is 0 Å². The molecule has 1 aliphatic heterocycles. The van der Waals surface area contributed by atoms with Crippen LogP contribution in [-0.4, -0.2) is 27.2 Å². The topological polar surface area (TPSA) is 60.1 Å². The van der Waals surface area contributed by atoms with Gasteiger partial charge in [-0.3, -0.25) is 13.9 Å². The second-order valence-electron chi connectivity index (χ2n) is 5.94. The van der Waals surface area contributed by atoms with Crippen LogP contribution in [0.1, 0.15) is 31.7 Å². The average molecular weight is 302 g/mol. The van der Waals surface area contributed by atoms with Gasteiger partial charge in [-0.2, -0.15) is 0 Å². The molecule has 1 saturated heterocycles. The van der Waals surface area contributed by atoms with E-state index in [0.29, 0.717) is 11.0 Å². The Balaban J connectivity index is 2.41. The van der Waals surface area contributed by atoms with Crippen molar-refractivity contribution in [3.05, 3.63) is 32.6 Å². The highest BCUT2D eigenvalue weighted by atomic mass is 16.2. The third-order valence-electron chi connectivity index (χ3n) is 4.57. The standard InChI is InChI=1S/C16H22N4O2/c1-4-11-10-17-14-12(13(11)20-8-6-5-7-9-20)15(21)19(3)16(22)18(14)2/h10H,4-9H2,1-3H3. The summed E-state index contributed by atoms with van der Waals surface area (Å²) in [5.41, 5.74) is 1.94. The summed E-state index contributed by atoms with van der Waals surface area (Å²) in [7, 11) is 3.20. The van der Waals surface area contributed by atoms with Gasteiger partial charge in [-0.25, -0.2) is 9.78 Å². The van der Waals surface area contributed by atoms with Crippen molar-refractivity contribution >= 4 is 16.7 Å². The van der Waals surface area contributed by atoms with Crippen molar-refractivity contribution in [1.29, 1.82) is 0 Å². The molecule has 0 aliphatic carbocycles. The highest BCUT2D eigenvalue weighted by Gasteiger charge is 2.22. The Hall–Kier alpha value is -2.11. The van der Waals surface area contributed by atoms with Gasteiger partial charge in [0.1, 0.15) is 5.39 Å². The lowest BCUT2D eigenvalue weighted by Crippen LogP contribution is -2.39. The Morgan fingerprint density at radius 2 is 1.77 bits per heavy atom. The SMILES string of the molecule is CCc1cnc2c(c1N1CCCCC1)c(=O)n(C)c(=O)n2C. The number of anilines is 1. The summed E-state index contributed by atoms with van der Waals surface area (Å²) in [5.74, 6) is 0. The quantitative estimate of drug-likeness (QED) is 0.836. The molecule has 0 spiro atoms. The van der Waals surface area contributed by atoms with Gasteiger partial charge in [0.2, 0.25) is 0 Å². The number of hydrogen-bond acceptors (Lipinski definition) is 4. The molecular weight excluding hydrogens is 280 g/mol. The first-order valence-electron chi connectivity index (χ1n) is 7.88. The normalized spacial score (nSPS) is 15.5. The van der Waals surface area contributed by atoms with Crippen molar-refractivity contribution in [3.8, 4) is 0 Å². The van der Waals surface area contributed by atoms with Crippen molar-refractivity contribution in [2.75, 3.05) is 18.0 Å². The van der Waals surface area contributed by atoms with E-state index in [4.69, 9.17) is 0 Å². The molecule has 0 radical (unpaired) electrons. The first kappa shape index (κ1) is 14.8. The molecule has 0 saturated carbocycles.